The molecule has 8 heteroatoms. The van der Waals surface area contributed by atoms with E-state index in [0.717, 1.165) is 36.8 Å². The maximum atomic E-state index is 13.2. The average molecular weight is 580 g/mol. The molecule has 2 atom stereocenters. The maximum absolute atomic E-state index is 13.2. The lowest BCUT2D eigenvalue weighted by Gasteiger charge is -2.19. The summed E-state index contributed by atoms with van der Waals surface area (Å²) in [5.74, 6) is -0.158. The summed E-state index contributed by atoms with van der Waals surface area (Å²) >= 11 is 0. The summed E-state index contributed by atoms with van der Waals surface area (Å²) < 4.78 is 11.2. The van der Waals surface area contributed by atoms with E-state index < -0.39 is 17.9 Å². The van der Waals surface area contributed by atoms with E-state index in [-0.39, 0.29) is 23.9 Å². The molecule has 2 aromatic rings. The van der Waals surface area contributed by atoms with Gasteiger partial charge in [-0.25, -0.2) is 0 Å². The summed E-state index contributed by atoms with van der Waals surface area (Å²) in [5.41, 5.74) is 13.6. The van der Waals surface area contributed by atoms with Crippen molar-refractivity contribution < 1.29 is 23.9 Å². The van der Waals surface area contributed by atoms with E-state index in [1.807, 2.05) is 30.3 Å². The third-order valence-electron chi connectivity index (χ3n) is 6.97. The Balaban J connectivity index is 1.94. The summed E-state index contributed by atoms with van der Waals surface area (Å²) in [6, 6.07) is 14.0. The van der Waals surface area contributed by atoms with Crippen molar-refractivity contribution in [3.63, 3.8) is 0 Å². The summed E-state index contributed by atoms with van der Waals surface area (Å²) in [6.07, 6.45) is 9.93. The van der Waals surface area contributed by atoms with Gasteiger partial charge in [0.1, 0.15) is 0 Å². The molecule has 0 aliphatic carbocycles. The van der Waals surface area contributed by atoms with Crippen LogP contribution >= 0.6 is 0 Å². The predicted octanol–water partition coefficient (Wildman–Crippen LogP) is 5.26. The largest absolute Gasteiger partial charge is 0.493 e. The second kappa shape index (κ2) is 19.6. The molecule has 2 rings (SSSR count). The van der Waals surface area contributed by atoms with Gasteiger partial charge in [0.25, 0.3) is 0 Å². The summed E-state index contributed by atoms with van der Waals surface area (Å²) in [6.45, 7) is 5.13. The number of nitrogens with two attached hydrogens (primary N) is 2. The molecule has 0 fully saturated rings. The first-order valence-electron chi connectivity index (χ1n) is 15.1. The van der Waals surface area contributed by atoms with E-state index in [9.17, 15) is 14.4 Å². The highest BCUT2D eigenvalue weighted by atomic mass is 16.6. The molecular weight excluding hydrogens is 530 g/mol. The zero-order valence-electron chi connectivity index (χ0n) is 25.5. The summed E-state index contributed by atoms with van der Waals surface area (Å²) in [4.78, 5) is 38.5. The van der Waals surface area contributed by atoms with E-state index in [2.05, 4.69) is 31.3 Å². The van der Waals surface area contributed by atoms with Crippen LogP contribution in [0.15, 0.2) is 60.7 Å². The van der Waals surface area contributed by atoms with Gasteiger partial charge in [-0.15, -0.1) is 0 Å². The number of allylic oxidation sites excluding steroid dienone is 2. The Morgan fingerprint density at radius 3 is 2.40 bits per heavy atom. The molecule has 1 amide bonds. The summed E-state index contributed by atoms with van der Waals surface area (Å²) in [5, 5.41) is 2.94. The van der Waals surface area contributed by atoms with E-state index >= 15 is 0 Å². The standard InChI is InChI=1S/C34H49N3O5/c1-25(2)13-7-4-5-10-17-33(39)37-24-27-18-19-31(32(22-27)41-3)42-34(40)28(16-11-12-20-35)23-30(38)29(36)21-26-14-8-6-9-15-26/h6-9,13-15,18-19,22,25,28-29H,4-5,10-12,16-17,20-21,23-24,35-36H2,1-3H3,(H,37,39)/b13-7+/t28-,29+/m1/s1. The van der Waals surface area contributed by atoms with Crippen molar-refractivity contribution in [1.29, 1.82) is 0 Å². The van der Waals surface area contributed by atoms with Gasteiger partial charge in [-0.1, -0.05) is 68.8 Å². The number of benzene rings is 2. The molecule has 0 radical (unpaired) electrons. The Kier molecular flexibility index (Phi) is 16.2. The maximum Gasteiger partial charge on any atom is 0.314 e. The number of carbonyl (C=O) groups excluding carboxylic acids is 3. The first-order valence-corrected chi connectivity index (χ1v) is 15.1. The van der Waals surface area contributed by atoms with Crippen molar-refractivity contribution in [1.82, 2.24) is 5.32 Å². The van der Waals surface area contributed by atoms with Crippen LogP contribution in [-0.2, 0) is 27.3 Å². The molecule has 0 saturated heterocycles. The molecule has 8 nitrogen and oxygen atoms in total. The number of ketones is 1. The van der Waals surface area contributed by atoms with Gasteiger partial charge < -0.3 is 26.3 Å². The van der Waals surface area contributed by atoms with Crippen LogP contribution in [0.1, 0.15) is 76.3 Å². The topological polar surface area (TPSA) is 134 Å². The Morgan fingerprint density at radius 1 is 0.952 bits per heavy atom. The van der Waals surface area contributed by atoms with Crippen molar-refractivity contribution in [2.45, 2.75) is 84.2 Å². The molecule has 5 N–H and O–H groups in total. The van der Waals surface area contributed by atoms with Crippen LogP contribution in [0.5, 0.6) is 11.5 Å². The minimum Gasteiger partial charge on any atom is -0.493 e. The van der Waals surface area contributed by atoms with Gasteiger partial charge in [-0.3, -0.25) is 14.4 Å². The zero-order chi connectivity index (χ0) is 30.7. The molecule has 0 heterocycles. The van der Waals surface area contributed by atoms with Crippen LogP contribution in [0.2, 0.25) is 0 Å². The van der Waals surface area contributed by atoms with Gasteiger partial charge in [-0.05, 0) is 74.2 Å². The van der Waals surface area contributed by atoms with Crippen molar-refractivity contribution >= 4 is 17.7 Å². The number of rotatable bonds is 20. The van der Waals surface area contributed by atoms with Crippen LogP contribution in [0, 0.1) is 11.8 Å². The second-order valence-corrected chi connectivity index (χ2v) is 11.0. The molecule has 0 spiro atoms. The number of hydrogen-bond acceptors (Lipinski definition) is 7. The molecule has 0 bridgehead atoms. The normalized spacial score (nSPS) is 12.7. The fourth-order valence-corrected chi connectivity index (χ4v) is 4.52. The van der Waals surface area contributed by atoms with Gasteiger partial charge >= 0.3 is 5.97 Å². The minimum atomic E-state index is -0.706. The quantitative estimate of drug-likeness (QED) is 0.0843. The van der Waals surface area contributed by atoms with E-state index in [1.165, 1.54) is 7.11 Å². The Hall–Kier alpha value is -3.49. The summed E-state index contributed by atoms with van der Waals surface area (Å²) in [7, 11) is 1.49. The van der Waals surface area contributed by atoms with E-state index in [0.29, 0.717) is 50.4 Å². The average Bonchev–Trinajstić information content (AvgIpc) is 2.98. The lowest BCUT2D eigenvalue weighted by atomic mass is 9.91. The van der Waals surface area contributed by atoms with Gasteiger partial charge in [0, 0.05) is 19.4 Å². The molecule has 42 heavy (non-hydrogen) atoms. The van der Waals surface area contributed by atoms with Crippen molar-refractivity contribution in [2.24, 2.45) is 23.3 Å². The Morgan fingerprint density at radius 2 is 1.71 bits per heavy atom. The third-order valence-corrected chi connectivity index (χ3v) is 6.97. The predicted molar refractivity (Wildman–Crippen MR) is 167 cm³/mol. The lowest BCUT2D eigenvalue weighted by molar-refractivity contribution is -0.141. The molecule has 0 unspecified atom stereocenters. The third kappa shape index (κ3) is 13.4. The number of carbonyl (C=O) groups is 3. The van der Waals surface area contributed by atoms with Crippen molar-refractivity contribution in [3.05, 3.63) is 71.8 Å². The molecule has 230 valence electrons. The van der Waals surface area contributed by atoms with Crippen LogP contribution in [-0.4, -0.2) is 37.4 Å². The molecule has 2 aromatic carbocycles. The van der Waals surface area contributed by atoms with Crippen LogP contribution in [0.25, 0.3) is 0 Å². The van der Waals surface area contributed by atoms with Crippen LogP contribution in [0.3, 0.4) is 0 Å². The highest BCUT2D eigenvalue weighted by Gasteiger charge is 2.27. The number of ether oxygens (including phenoxy) is 2. The SMILES string of the molecule is COc1cc(CNC(=O)CCCC/C=C/C(C)C)ccc1OC(=O)[C@H](CCCCN)CC(=O)[C@@H](N)Cc1ccccc1. The van der Waals surface area contributed by atoms with Gasteiger partial charge in [0.2, 0.25) is 5.91 Å². The highest BCUT2D eigenvalue weighted by molar-refractivity contribution is 5.89. The number of methoxy groups -OCH3 is 1. The van der Waals surface area contributed by atoms with Crippen LogP contribution in [0.4, 0.5) is 0 Å². The Bertz CT molecular complexity index is 1130. The Labute approximate surface area is 251 Å². The van der Waals surface area contributed by atoms with Gasteiger partial charge in [0.05, 0.1) is 19.1 Å². The monoisotopic (exact) mass is 579 g/mol. The number of esters is 1. The molecular formula is C34H49N3O5. The fourth-order valence-electron chi connectivity index (χ4n) is 4.52. The fraction of sp³-hybridized carbons (Fsp3) is 0.500. The number of nitrogens with one attached hydrogen (secondary N) is 1. The minimum absolute atomic E-state index is 0.00213. The second-order valence-electron chi connectivity index (χ2n) is 11.0. The molecule has 0 saturated carbocycles. The van der Waals surface area contributed by atoms with Gasteiger partial charge in [0.15, 0.2) is 17.3 Å². The molecule has 0 aliphatic rings. The highest BCUT2D eigenvalue weighted by Crippen LogP contribution is 2.30. The van der Waals surface area contributed by atoms with Crippen molar-refractivity contribution in [3.8, 4) is 11.5 Å². The van der Waals surface area contributed by atoms with E-state index in [1.54, 1.807) is 18.2 Å². The first-order chi connectivity index (χ1) is 20.2. The van der Waals surface area contributed by atoms with Gasteiger partial charge in [-0.2, -0.15) is 0 Å². The lowest BCUT2D eigenvalue weighted by Crippen LogP contribution is -2.36. The van der Waals surface area contributed by atoms with E-state index in [4.69, 9.17) is 20.9 Å². The zero-order valence-corrected chi connectivity index (χ0v) is 25.5. The smallest absolute Gasteiger partial charge is 0.314 e. The number of Topliss-reactive ketones (excluding diaryl/α,β-unsaturated/α-hetero) is 1. The number of amides is 1. The van der Waals surface area contributed by atoms with Crippen LogP contribution < -0.4 is 26.3 Å². The number of hydrogen-bond donors (Lipinski definition) is 3. The van der Waals surface area contributed by atoms with Crippen molar-refractivity contribution in [2.75, 3.05) is 13.7 Å². The molecule has 0 aromatic heterocycles. The number of unbranched alkanes of at least 4 members (excludes halogenated alkanes) is 3. The molecule has 0 aliphatic heterocycles. The first kappa shape index (κ1) is 34.7.